The number of benzene rings is 3. The largest absolute Gasteiger partial charge is 3.00 e. The molecule has 1 radical (unpaired) electrons. The average molecular weight is 482 g/mol. The maximum Gasteiger partial charge on any atom is 3.00 e. The summed E-state index contributed by atoms with van der Waals surface area (Å²) in [6.07, 6.45) is 8.31. The zero-order valence-corrected chi connectivity index (χ0v) is 19.7. The molecule has 3 aromatic rings. The van der Waals surface area contributed by atoms with Crippen LogP contribution in [-0.2, 0) is 26.2 Å². The fourth-order valence-electron chi connectivity index (χ4n) is 4.20. The van der Waals surface area contributed by atoms with Gasteiger partial charge < -0.3 is 24.8 Å². The number of halogens is 2. The van der Waals surface area contributed by atoms with E-state index in [4.69, 9.17) is 0 Å². The number of hydrogen-bond acceptors (Lipinski definition) is 0. The van der Waals surface area contributed by atoms with Gasteiger partial charge in [0.1, 0.15) is 0 Å². The zero-order chi connectivity index (χ0) is 17.0. The van der Waals surface area contributed by atoms with Crippen molar-refractivity contribution in [3.05, 3.63) is 110 Å². The topological polar surface area (TPSA) is 0 Å². The molecule has 0 fully saturated rings. The van der Waals surface area contributed by atoms with Crippen LogP contribution in [0.4, 0.5) is 0 Å². The monoisotopic (exact) mass is 479 g/mol. The van der Waals surface area contributed by atoms with Gasteiger partial charge in [0.2, 0.25) is 0 Å². The number of fused-ring (bicyclic) bond motifs is 3. The third-order valence-electron chi connectivity index (χ3n) is 5.37. The molecule has 0 nitrogen and oxygen atoms in total. The van der Waals surface area contributed by atoms with Crippen LogP contribution in [0.2, 0.25) is 0 Å². The van der Waals surface area contributed by atoms with Crippen LogP contribution < -0.4 is 35.3 Å². The fourth-order valence-corrected chi connectivity index (χ4v) is 4.20. The molecule has 3 aromatic carbocycles. The molecule has 1 atom stereocenters. The summed E-state index contributed by atoms with van der Waals surface area (Å²) in [4.78, 5) is 0. The summed E-state index contributed by atoms with van der Waals surface area (Å²) in [6, 6.07) is 21.9. The Hall–Kier alpha value is -1.40. The average Bonchev–Trinajstić information content (AvgIpc) is 3.22. The molecule has 2 aliphatic rings. The summed E-state index contributed by atoms with van der Waals surface area (Å²) in [6.45, 7) is 4.41. The van der Waals surface area contributed by atoms with Gasteiger partial charge in [-0.2, -0.15) is 0 Å². The zero-order valence-electron chi connectivity index (χ0n) is 15.8. The van der Waals surface area contributed by atoms with E-state index in [1.54, 1.807) is 0 Å². The molecule has 0 bridgehead atoms. The summed E-state index contributed by atoms with van der Waals surface area (Å²) in [5.74, 6) is 0.304. The quantitative estimate of drug-likeness (QED) is 0.286. The minimum atomic E-state index is 0. The van der Waals surface area contributed by atoms with Gasteiger partial charge in [-0.15, -0.1) is 33.4 Å². The van der Waals surface area contributed by atoms with Crippen LogP contribution in [0.1, 0.15) is 42.0 Å². The SMILES string of the molecule is CC(C)=c1ccc2c(c1C1C=Cc3ccccc31)[C-]=c1ccccc1=2.[Cl-].[Cl-].[Zr+3]. The molecular formula is C25H19Cl2Zr. The second kappa shape index (κ2) is 8.95. The first-order valence-electron chi connectivity index (χ1n) is 8.85. The van der Waals surface area contributed by atoms with E-state index in [9.17, 15) is 0 Å². The standard InChI is InChI=1S/C25H19.2ClH.Zr/c1-16(2)19-13-14-22-21-10-6-4-8-18(21)15-24(22)25(19)23-12-11-17-7-3-5-9-20(17)23;;;/h3-14,23H,1-2H3;2*1H;/q-1;;;+3/p-2. The Kier molecular flexibility index (Phi) is 7.32. The molecule has 5 rings (SSSR count). The molecule has 0 N–H and O–H groups in total. The maximum absolute atomic E-state index is 3.70. The van der Waals surface area contributed by atoms with Gasteiger partial charge in [-0.1, -0.05) is 83.1 Å². The van der Waals surface area contributed by atoms with E-state index in [-0.39, 0.29) is 51.0 Å². The Balaban J connectivity index is 0.000000934. The van der Waals surface area contributed by atoms with E-state index in [0.717, 1.165) is 0 Å². The van der Waals surface area contributed by atoms with Gasteiger partial charge in [-0.25, -0.2) is 0 Å². The van der Waals surface area contributed by atoms with Crippen LogP contribution in [0, 0.1) is 10.4 Å². The van der Waals surface area contributed by atoms with E-state index in [1.807, 2.05) is 0 Å². The Morgan fingerprint density at radius 2 is 1.54 bits per heavy atom. The Labute approximate surface area is 197 Å². The van der Waals surface area contributed by atoms with Crippen molar-refractivity contribution in [1.82, 2.24) is 0 Å². The minimum absolute atomic E-state index is 0. The summed E-state index contributed by atoms with van der Waals surface area (Å²) in [7, 11) is 0. The van der Waals surface area contributed by atoms with Crippen LogP contribution in [0.3, 0.4) is 0 Å². The number of allylic oxidation sites excluding steroid dienone is 1. The van der Waals surface area contributed by atoms with Crippen molar-refractivity contribution >= 4 is 17.7 Å². The van der Waals surface area contributed by atoms with Gasteiger partial charge in [0.15, 0.2) is 0 Å². The van der Waals surface area contributed by atoms with E-state index < -0.39 is 0 Å². The Bertz CT molecular complexity index is 1270. The van der Waals surface area contributed by atoms with Crippen LogP contribution in [0.25, 0.3) is 17.7 Å². The predicted octanol–water partition coefficient (Wildman–Crippen LogP) is -1.65. The fraction of sp³-hybridized carbons (Fsp3) is 0.120. The second-order valence-electron chi connectivity index (χ2n) is 7.09. The summed E-state index contributed by atoms with van der Waals surface area (Å²) in [5, 5.41) is 5.17. The van der Waals surface area contributed by atoms with E-state index in [1.165, 1.54) is 48.7 Å². The van der Waals surface area contributed by atoms with Crippen LogP contribution >= 0.6 is 0 Å². The molecule has 0 spiro atoms. The molecule has 137 valence electrons. The molecule has 0 heterocycles. The van der Waals surface area contributed by atoms with Gasteiger partial charge in [-0.05, 0) is 25.0 Å². The van der Waals surface area contributed by atoms with Gasteiger partial charge in [0, 0.05) is 5.92 Å². The van der Waals surface area contributed by atoms with E-state index in [0.29, 0.717) is 5.92 Å². The number of hydrogen-bond donors (Lipinski definition) is 0. The van der Waals surface area contributed by atoms with Crippen LogP contribution in [0.15, 0.2) is 66.7 Å². The van der Waals surface area contributed by atoms with Crippen molar-refractivity contribution in [1.29, 1.82) is 0 Å². The van der Waals surface area contributed by atoms with Crippen molar-refractivity contribution in [2.75, 3.05) is 0 Å². The predicted molar refractivity (Wildman–Crippen MR) is 104 cm³/mol. The molecule has 1 unspecified atom stereocenters. The third kappa shape index (κ3) is 3.50. The van der Waals surface area contributed by atoms with Crippen molar-refractivity contribution in [3.8, 4) is 0 Å². The number of rotatable bonds is 1. The molecular weight excluding hydrogens is 462 g/mol. The molecule has 0 saturated heterocycles. The first-order chi connectivity index (χ1) is 12.2. The molecule has 28 heavy (non-hydrogen) atoms. The third-order valence-corrected chi connectivity index (χ3v) is 5.37. The van der Waals surface area contributed by atoms with Crippen molar-refractivity contribution in [2.45, 2.75) is 19.8 Å². The van der Waals surface area contributed by atoms with Gasteiger partial charge in [0.25, 0.3) is 0 Å². The second-order valence-corrected chi connectivity index (χ2v) is 7.09. The molecule has 0 aromatic heterocycles. The van der Waals surface area contributed by atoms with E-state index >= 15 is 0 Å². The normalized spacial score (nSPS) is 14.4. The van der Waals surface area contributed by atoms with Gasteiger partial charge >= 0.3 is 26.2 Å². The van der Waals surface area contributed by atoms with Crippen molar-refractivity contribution in [2.24, 2.45) is 0 Å². The molecule has 3 heteroatoms. The first-order valence-corrected chi connectivity index (χ1v) is 8.85. The first kappa shape index (κ1) is 22.9. The summed E-state index contributed by atoms with van der Waals surface area (Å²) < 4.78 is 0. The van der Waals surface area contributed by atoms with Crippen LogP contribution in [-0.4, -0.2) is 0 Å². The minimum Gasteiger partial charge on any atom is -1.00 e. The molecule has 0 saturated carbocycles. The van der Waals surface area contributed by atoms with Gasteiger partial charge in [-0.3, -0.25) is 0 Å². The smallest absolute Gasteiger partial charge is 1.00 e. The van der Waals surface area contributed by atoms with Crippen molar-refractivity contribution < 1.29 is 51.0 Å². The Morgan fingerprint density at radius 3 is 2.32 bits per heavy atom. The van der Waals surface area contributed by atoms with Crippen molar-refractivity contribution in [3.63, 3.8) is 0 Å². The summed E-state index contributed by atoms with van der Waals surface area (Å²) in [5.41, 5.74) is 6.76. The van der Waals surface area contributed by atoms with Crippen LogP contribution in [0.5, 0.6) is 0 Å². The molecule has 2 aliphatic carbocycles. The Morgan fingerprint density at radius 1 is 0.821 bits per heavy atom. The maximum atomic E-state index is 3.70. The van der Waals surface area contributed by atoms with Gasteiger partial charge in [0.05, 0.1) is 0 Å². The van der Waals surface area contributed by atoms with E-state index in [2.05, 4.69) is 92.7 Å². The molecule has 0 amide bonds. The summed E-state index contributed by atoms with van der Waals surface area (Å²) >= 11 is 0. The molecule has 0 aliphatic heterocycles.